The Morgan fingerprint density at radius 2 is 1.06 bits per heavy atom. The molecule has 6 aliphatic carbocycles. The van der Waals surface area contributed by atoms with Gasteiger partial charge in [0.1, 0.15) is 0 Å². The summed E-state index contributed by atoms with van der Waals surface area (Å²) in [7, 11) is 1.48. The lowest BCUT2D eigenvalue weighted by Gasteiger charge is -2.50. The van der Waals surface area contributed by atoms with E-state index < -0.39 is 0 Å². The van der Waals surface area contributed by atoms with Crippen LogP contribution in [0.1, 0.15) is 109 Å². The monoisotopic (exact) mass is 913 g/mol. The van der Waals surface area contributed by atoms with E-state index >= 15 is 0 Å². The number of hydrogen-bond acceptors (Lipinski definition) is 11. The van der Waals surface area contributed by atoms with Crippen molar-refractivity contribution >= 4 is 40.5 Å². The summed E-state index contributed by atoms with van der Waals surface area (Å²) in [6, 6.07) is 32.2. The predicted octanol–water partition coefficient (Wildman–Crippen LogP) is 8.37. The van der Waals surface area contributed by atoms with E-state index in [1.54, 1.807) is 9.36 Å². The van der Waals surface area contributed by atoms with Crippen LogP contribution in [0.25, 0.3) is 33.4 Å². The van der Waals surface area contributed by atoms with Gasteiger partial charge >= 0.3 is 5.97 Å². The van der Waals surface area contributed by atoms with Crippen LogP contribution in [0, 0.1) is 63.2 Å². The highest BCUT2D eigenvalue weighted by molar-refractivity contribution is 6.06. The molecule has 8 atom stereocenters. The number of fused-ring (bicyclic) bond motifs is 4. The molecule has 13 nitrogen and oxygen atoms in total. The third-order valence-corrected chi connectivity index (χ3v) is 15.4. The number of rotatable bonds is 9. The molecular formula is C56H47N7O6. The van der Waals surface area contributed by atoms with Crippen molar-refractivity contribution in [2.45, 2.75) is 58.3 Å². The van der Waals surface area contributed by atoms with E-state index in [0.29, 0.717) is 24.8 Å². The van der Waals surface area contributed by atoms with Crippen molar-refractivity contribution < 1.29 is 28.6 Å². The lowest BCUT2D eigenvalue weighted by molar-refractivity contribution is -0.148. The van der Waals surface area contributed by atoms with E-state index in [1.807, 2.05) is 39.8 Å². The van der Waals surface area contributed by atoms with E-state index in [9.17, 15) is 14.4 Å². The van der Waals surface area contributed by atoms with E-state index in [-0.39, 0.29) is 72.4 Å². The molecule has 0 aliphatic heterocycles. The lowest BCUT2D eigenvalue weighted by atomic mass is 9.54. The van der Waals surface area contributed by atoms with Crippen LogP contribution in [0.2, 0.25) is 0 Å². The Morgan fingerprint density at radius 1 is 0.594 bits per heavy atom. The summed E-state index contributed by atoms with van der Waals surface area (Å²) in [4.78, 5) is 51.9. The third-order valence-electron chi connectivity index (χ3n) is 15.4. The smallest absolute Gasteiger partial charge is 0.309 e. The van der Waals surface area contributed by atoms with Crippen molar-refractivity contribution in [3.8, 4) is 23.7 Å². The van der Waals surface area contributed by atoms with Crippen molar-refractivity contribution in [3.63, 3.8) is 0 Å². The van der Waals surface area contributed by atoms with Gasteiger partial charge in [-0.05, 0) is 136 Å². The SMILES string of the molecule is COC(=O)C1C2c3ccccc3C(c3cc4c(C#Cc5nc(-n6nc(C)cc6C)nc(-n6nc(C)cc6C)n5)c5cc6c(cc5cc4cc32)C2c3ccccc3C6C(COC=O)C2COC=O)C1C. The number of ether oxygens (including phenoxy) is 3. The van der Waals surface area contributed by atoms with Gasteiger partial charge in [-0.2, -0.15) is 25.1 Å². The fourth-order valence-electron chi connectivity index (χ4n) is 12.8. The average molecular weight is 914 g/mol. The Balaban J connectivity index is 1.13. The normalized spacial score (nSPS) is 22.2. The van der Waals surface area contributed by atoms with Gasteiger partial charge in [0.15, 0.2) is 0 Å². The van der Waals surface area contributed by atoms with Gasteiger partial charge in [-0.25, -0.2) is 9.36 Å². The van der Waals surface area contributed by atoms with Crippen LogP contribution >= 0.6 is 0 Å². The number of carbonyl (C=O) groups is 3. The van der Waals surface area contributed by atoms with Crippen molar-refractivity contribution in [2.24, 2.45) is 23.7 Å². The molecule has 13 heteroatoms. The first kappa shape index (κ1) is 42.4. The second-order valence-electron chi connectivity index (χ2n) is 19.1. The van der Waals surface area contributed by atoms with Crippen LogP contribution in [0.5, 0.6) is 0 Å². The highest BCUT2D eigenvalue weighted by Crippen LogP contribution is 2.61. The zero-order valence-electron chi connectivity index (χ0n) is 38.9. The molecule has 8 unspecified atom stereocenters. The Kier molecular flexibility index (Phi) is 9.88. The Labute approximate surface area is 397 Å². The molecule has 4 bridgehead atoms. The molecular weight excluding hydrogens is 867 g/mol. The van der Waals surface area contributed by atoms with E-state index in [4.69, 9.17) is 39.4 Å². The molecule has 0 amide bonds. The molecule has 3 heterocycles. The molecule has 0 saturated carbocycles. The first-order valence-corrected chi connectivity index (χ1v) is 23.4. The minimum Gasteiger partial charge on any atom is -0.469 e. The maximum Gasteiger partial charge on any atom is 0.309 e. The Hall–Kier alpha value is -7.98. The molecule has 0 spiro atoms. The first-order chi connectivity index (χ1) is 33.6. The second kappa shape index (κ2) is 16.1. The van der Waals surface area contributed by atoms with Crippen LogP contribution in [0.4, 0.5) is 0 Å². The zero-order chi connectivity index (χ0) is 47.4. The molecule has 5 aromatic carbocycles. The fourth-order valence-corrected chi connectivity index (χ4v) is 12.8. The zero-order valence-corrected chi connectivity index (χ0v) is 38.9. The molecule has 8 aromatic rings. The summed E-state index contributed by atoms with van der Waals surface area (Å²) >= 11 is 0. The molecule has 0 N–H and O–H groups in total. The molecule has 0 saturated heterocycles. The molecule has 3 aromatic heterocycles. The summed E-state index contributed by atoms with van der Waals surface area (Å²) < 4.78 is 20.0. The standard InChI is InChI=1S/C56H47N7O6/c1-28-17-30(3)62(60-28)55-57-48(58-56(59-55)63-31(4)18-29(2)61-63)16-15-35-40-22-44-43(53-39-14-10-7-11-36(39)49(44)32(5)50(53)54(66)67-6)21-34(40)19-33-20-42-45(23-41(33)35)52-38-13-9-8-12-37(38)51(42)46(24-68-26-64)47(52)25-69-27-65/h7-14,17-23,26-27,32,46-47,49-53H,24-25H2,1-6H3. The highest BCUT2D eigenvalue weighted by Gasteiger charge is 2.52. The molecule has 69 heavy (non-hydrogen) atoms. The number of benzene rings is 5. The van der Waals surface area contributed by atoms with E-state index in [1.165, 1.54) is 29.4 Å². The Bertz CT molecular complexity index is 3500. The summed E-state index contributed by atoms with van der Waals surface area (Å²) in [5, 5.41) is 13.3. The summed E-state index contributed by atoms with van der Waals surface area (Å²) in [5.74, 6) is 6.54. The second-order valence-corrected chi connectivity index (χ2v) is 19.1. The van der Waals surface area contributed by atoms with Crippen LogP contribution in [0.3, 0.4) is 0 Å². The lowest BCUT2D eigenvalue weighted by Crippen LogP contribution is -2.44. The molecule has 6 aliphatic rings. The molecule has 0 radical (unpaired) electrons. The van der Waals surface area contributed by atoms with Gasteiger partial charge < -0.3 is 14.2 Å². The van der Waals surface area contributed by atoms with Gasteiger partial charge in [0, 0.05) is 52.5 Å². The van der Waals surface area contributed by atoms with Crippen LogP contribution in [0.15, 0.2) is 91.0 Å². The van der Waals surface area contributed by atoms with Crippen LogP contribution in [-0.2, 0) is 28.6 Å². The van der Waals surface area contributed by atoms with Gasteiger partial charge in [0.2, 0.25) is 5.82 Å². The maximum absolute atomic E-state index is 13.7. The van der Waals surface area contributed by atoms with Crippen LogP contribution in [-0.4, -0.2) is 73.8 Å². The topological polar surface area (TPSA) is 153 Å². The molecule has 342 valence electrons. The number of esters is 1. The highest BCUT2D eigenvalue weighted by atomic mass is 16.5. The summed E-state index contributed by atoms with van der Waals surface area (Å²) in [6.45, 7) is 11.3. The number of carbonyl (C=O) groups excluding carboxylic acids is 3. The Morgan fingerprint density at radius 3 is 1.54 bits per heavy atom. The molecule has 14 rings (SSSR count). The fraction of sp³-hybridized carbons (Fsp3) is 0.286. The number of nitrogens with zero attached hydrogens (tertiary/aromatic N) is 7. The van der Waals surface area contributed by atoms with Gasteiger partial charge in [-0.3, -0.25) is 14.4 Å². The van der Waals surface area contributed by atoms with E-state index in [0.717, 1.165) is 72.1 Å². The minimum atomic E-state index is -0.347. The minimum absolute atomic E-state index is 0.0209. The number of methoxy groups -OCH3 is 1. The maximum atomic E-state index is 13.7. The van der Waals surface area contributed by atoms with Crippen molar-refractivity contribution in [2.75, 3.05) is 20.3 Å². The van der Waals surface area contributed by atoms with Crippen molar-refractivity contribution in [1.29, 1.82) is 0 Å². The largest absolute Gasteiger partial charge is 0.469 e. The van der Waals surface area contributed by atoms with Crippen molar-refractivity contribution in [3.05, 3.63) is 170 Å². The van der Waals surface area contributed by atoms with Gasteiger partial charge in [-0.15, -0.1) is 0 Å². The summed E-state index contributed by atoms with van der Waals surface area (Å²) in [5.41, 5.74) is 13.5. The number of aryl methyl sites for hydroxylation is 4. The summed E-state index contributed by atoms with van der Waals surface area (Å²) in [6.07, 6.45) is 0. The first-order valence-electron chi connectivity index (χ1n) is 23.4. The van der Waals surface area contributed by atoms with Crippen LogP contribution < -0.4 is 0 Å². The average Bonchev–Trinajstić information content (AvgIpc) is 3.89. The van der Waals surface area contributed by atoms with Gasteiger partial charge in [-0.1, -0.05) is 73.5 Å². The van der Waals surface area contributed by atoms with E-state index in [2.05, 4.69) is 97.6 Å². The van der Waals surface area contributed by atoms with Crippen molar-refractivity contribution in [1.82, 2.24) is 34.5 Å². The third kappa shape index (κ3) is 6.45. The van der Waals surface area contributed by atoms with Gasteiger partial charge in [0.05, 0.1) is 37.6 Å². The quantitative estimate of drug-likeness (QED) is 0.0451. The molecule has 0 fully saturated rings. The number of hydrogen-bond donors (Lipinski definition) is 0. The number of aromatic nitrogens is 7. The predicted molar refractivity (Wildman–Crippen MR) is 256 cm³/mol. The van der Waals surface area contributed by atoms with Gasteiger partial charge in [0.25, 0.3) is 24.8 Å².